The number of rotatable bonds is 2. The summed E-state index contributed by atoms with van der Waals surface area (Å²) in [5.41, 5.74) is -0.413. The molecule has 0 saturated heterocycles. The van der Waals surface area contributed by atoms with Crippen LogP contribution in [0.3, 0.4) is 0 Å². The quantitative estimate of drug-likeness (QED) is 0.721. The number of hydrogen-bond acceptors (Lipinski definition) is 1. The van der Waals surface area contributed by atoms with E-state index in [1.54, 1.807) is 0 Å². The van der Waals surface area contributed by atoms with Crippen LogP contribution in [0.4, 0.5) is 18.9 Å². The van der Waals surface area contributed by atoms with Crippen LogP contribution in [0.5, 0.6) is 0 Å². The maximum Gasteiger partial charge on any atom is 0.418 e. The van der Waals surface area contributed by atoms with E-state index >= 15 is 0 Å². The highest BCUT2D eigenvalue weighted by Crippen LogP contribution is 2.38. The fourth-order valence-electron chi connectivity index (χ4n) is 2.87. The second-order valence-corrected chi connectivity index (χ2v) is 6.62. The van der Waals surface area contributed by atoms with Gasteiger partial charge in [0, 0.05) is 16.2 Å². The molecule has 1 fully saturated rings. The monoisotopic (exact) mass is 349 g/mol. The highest BCUT2D eigenvalue weighted by Gasteiger charge is 2.35. The molecule has 3 atom stereocenters. The molecule has 1 aliphatic rings. The fraction of sp³-hybridized carbons (Fsp3) is 0.600. The zero-order valence-electron chi connectivity index (χ0n) is 11.6. The van der Waals surface area contributed by atoms with Gasteiger partial charge in [0.2, 0.25) is 0 Å². The van der Waals surface area contributed by atoms with Crippen molar-refractivity contribution in [3.05, 3.63) is 28.2 Å². The van der Waals surface area contributed by atoms with Gasteiger partial charge in [-0.15, -0.1) is 0 Å². The molecule has 0 aromatic heterocycles. The summed E-state index contributed by atoms with van der Waals surface area (Å²) >= 11 is 3.25. The number of nitrogens with one attached hydrogen (secondary N) is 1. The van der Waals surface area contributed by atoms with Crippen LogP contribution in [0.1, 0.15) is 38.7 Å². The Hall–Kier alpha value is -0.710. The van der Waals surface area contributed by atoms with Crippen molar-refractivity contribution in [2.24, 2.45) is 11.8 Å². The number of halogens is 4. The molecule has 1 aliphatic carbocycles. The van der Waals surface area contributed by atoms with Gasteiger partial charge >= 0.3 is 6.18 Å². The van der Waals surface area contributed by atoms with Crippen LogP contribution >= 0.6 is 15.9 Å². The third kappa shape index (κ3) is 3.48. The Bertz CT molecular complexity index is 473. The van der Waals surface area contributed by atoms with Gasteiger partial charge in [0.15, 0.2) is 0 Å². The molecule has 0 spiro atoms. The van der Waals surface area contributed by atoms with Crippen LogP contribution in [-0.4, -0.2) is 6.04 Å². The fourth-order valence-corrected chi connectivity index (χ4v) is 3.23. The summed E-state index contributed by atoms with van der Waals surface area (Å²) in [6.45, 7) is 4.29. The van der Waals surface area contributed by atoms with Crippen molar-refractivity contribution in [1.29, 1.82) is 0 Å². The van der Waals surface area contributed by atoms with Crippen molar-refractivity contribution in [2.45, 2.75) is 45.3 Å². The second-order valence-electron chi connectivity index (χ2n) is 5.71. The Morgan fingerprint density at radius 3 is 2.55 bits per heavy atom. The molecule has 3 unspecified atom stereocenters. The molecule has 0 amide bonds. The first kappa shape index (κ1) is 15.7. The van der Waals surface area contributed by atoms with Crippen LogP contribution in [-0.2, 0) is 6.18 Å². The second kappa shape index (κ2) is 5.96. The molecule has 0 aliphatic heterocycles. The first-order valence-electron chi connectivity index (χ1n) is 6.92. The Kier molecular flexibility index (Phi) is 4.67. The SMILES string of the molecule is CC1CCCC(Nc2cc(Br)ccc2C(F)(F)F)C1C. The van der Waals surface area contributed by atoms with Crippen molar-refractivity contribution in [3.8, 4) is 0 Å². The minimum atomic E-state index is -4.33. The first-order valence-corrected chi connectivity index (χ1v) is 7.71. The maximum atomic E-state index is 13.1. The first-order chi connectivity index (χ1) is 9.29. The van der Waals surface area contributed by atoms with Gasteiger partial charge in [-0.2, -0.15) is 13.2 Å². The van der Waals surface area contributed by atoms with E-state index in [0.717, 1.165) is 25.3 Å². The molecular weight excluding hydrogens is 331 g/mol. The molecule has 1 aromatic rings. The highest BCUT2D eigenvalue weighted by atomic mass is 79.9. The molecule has 1 saturated carbocycles. The molecular formula is C15H19BrF3N. The molecule has 0 heterocycles. The largest absolute Gasteiger partial charge is 0.418 e. The predicted molar refractivity (Wildman–Crippen MR) is 78.7 cm³/mol. The summed E-state index contributed by atoms with van der Waals surface area (Å²) in [4.78, 5) is 0. The zero-order chi connectivity index (χ0) is 14.9. The molecule has 20 heavy (non-hydrogen) atoms. The van der Waals surface area contributed by atoms with Gasteiger partial charge in [-0.3, -0.25) is 0 Å². The highest BCUT2D eigenvalue weighted by molar-refractivity contribution is 9.10. The summed E-state index contributed by atoms with van der Waals surface area (Å²) < 4.78 is 39.8. The van der Waals surface area contributed by atoms with Crippen LogP contribution in [0, 0.1) is 11.8 Å². The lowest BCUT2D eigenvalue weighted by atomic mass is 9.78. The van der Waals surface area contributed by atoms with Crippen molar-refractivity contribution in [2.75, 3.05) is 5.32 Å². The van der Waals surface area contributed by atoms with Crippen LogP contribution < -0.4 is 5.32 Å². The van der Waals surface area contributed by atoms with E-state index in [2.05, 4.69) is 35.1 Å². The number of anilines is 1. The molecule has 112 valence electrons. The summed E-state index contributed by atoms with van der Waals surface area (Å²) in [5.74, 6) is 0.923. The molecule has 5 heteroatoms. The standard InChI is InChI=1S/C15H19BrF3N/c1-9-4-3-5-13(10(9)2)20-14-8-11(16)6-7-12(14)15(17,18)19/h6-10,13,20H,3-5H2,1-2H3. The summed E-state index contributed by atoms with van der Waals surface area (Å²) in [6, 6.07) is 4.19. The Balaban J connectivity index is 2.26. The van der Waals surface area contributed by atoms with Gasteiger partial charge in [0.1, 0.15) is 0 Å². The van der Waals surface area contributed by atoms with E-state index in [0.29, 0.717) is 16.3 Å². The van der Waals surface area contributed by atoms with E-state index in [1.165, 1.54) is 12.1 Å². The molecule has 2 rings (SSSR count). The van der Waals surface area contributed by atoms with Crippen LogP contribution in [0.25, 0.3) is 0 Å². The van der Waals surface area contributed by atoms with E-state index in [-0.39, 0.29) is 11.7 Å². The van der Waals surface area contributed by atoms with E-state index < -0.39 is 11.7 Å². The van der Waals surface area contributed by atoms with Crippen molar-refractivity contribution in [3.63, 3.8) is 0 Å². The van der Waals surface area contributed by atoms with Crippen LogP contribution in [0.15, 0.2) is 22.7 Å². The van der Waals surface area contributed by atoms with E-state index in [1.807, 2.05) is 0 Å². The molecule has 0 bridgehead atoms. The lowest BCUT2D eigenvalue weighted by molar-refractivity contribution is -0.137. The minimum absolute atomic E-state index is 0.106. The van der Waals surface area contributed by atoms with Crippen molar-refractivity contribution >= 4 is 21.6 Å². The number of benzene rings is 1. The van der Waals surface area contributed by atoms with Gasteiger partial charge in [-0.25, -0.2) is 0 Å². The van der Waals surface area contributed by atoms with Crippen molar-refractivity contribution in [1.82, 2.24) is 0 Å². The smallest absolute Gasteiger partial charge is 0.382 e. The molecule has 0 radical (unpaired) electrons. The maximum absolute atomic E-state index is 13.1. The van der Waals surface area contributed by atoms with E-state index in [4.69, 9.17) is 0 Å². The molecule has 1 nitrogen and oxygen atoms in total. The number of alkyl halides is 3. The molecule has 1 aromatic carbocycles. The average Bonchev–Trinajstić information content (AvgIpc) is 2.33. The Morgan fingerprint density at radius 2 is 1.90 bits per heavy atom. The van der Waals surface area contributed by atoms with Gasteiger partial charge < -0.3 is 5.32 Å². The lowest BCUT2D eigenvalue weighted by Gasteiger charge is -2.35. The normalized spacial score (nSPS) is 27.4. The topological polar surface area (TPSA) is 12.0 Å². The zero-order valence-corrected chi connectivity index (χ0v) is 13.2. The van der Waals surface area contributed by atoms with Gasteiger partial charge in [-0.1, -0.05) is 42.6 Å². The summed E-state index contributed by atoms with van der Waals surface area (Å²) in [6.07, 6.45) is -1.18. The average molecular weight is 350 g/mol. The van der Waals surface area contributed by atoms with Gasteiger partial charge in [-0.05, 0) is 36.5 Å². The van der Waals surface area contributed by atoms with Crippen LogP contribution in [0.2, 0.25) is 0 Å². The van der Waals surface area contributed by atoms with Crippen molar-refractivity contribution < 1.29 is 13.2 Å². The number of hydrogen-bond donors (Lipinski definition) is 1. The third-order valence-corrected chi connectivity index (χ3v) is 4.83. The lowest BCUT2D eigenvalue weighted by Crippen LogP contribution is -2.35. The Labute approximate surface area is 126 Å². The van der Waals surface area contributed by atoms with Gasteiger partial charge in [0.25, 0.3) is 0 Å². The molecule has 1 N–H and O–H groups in total. The Morgan fingerprint density at radius 1 is 1.20 bits per heavy atom. The summed E-state index contributed by atoms with van der Waals surface area (Å²) in [5, 5.41) is 3.13. The van der Waals surface area contributed by atoms with E-state index in [9.17, 15) is 13.2 Å². The predicted octanol–water partition coefficient (Wildman–Crippen LogP) is 5.70. The van der Waals surface area contributed by atoms with Gasteiger partial charge in [0.05, 0.1) is 5.56 Å². The minimum Gasteiger partial charge on any atom is -0.382 e. The summed E-state index contributed by atoms with van der Waals surface area (Å²) in [7, 11) is 0. The third-order valence-electron chi connectivity index (χ3n) is 4.33.